The normalized spacial score (nSPS) is 19.5. The third-order valence-electron chi connectivity index (χ3n) is 3.97. The zero-order chi connectivity index (χ0) is 15.7. The van der Waals surface area contributed by atoms with Crippen molar-refractivity contribution < 1.29 is 8.42 Å². The molecular formula is C13H21N3O2S3. The van der Waals surface area contributed by atoms with Gasteiger partial charge in [0, 0.05) is 6.54 Å². The van der Waals surface area contributed by atoms with Crippen molar-refractivity contribution in [3.63, 3.8) is 0 Å². The molecule has 21 heavy (non-hydrogen) atoms. The van der Waals surface area contributed by atoms with Crippen LogP contribution in [0.4, 0.5) is 0 Å². The van der Waals surface area contributed by atoms with E-state index in [1.807, 2.05) is 0 Å². The van der Waals surface area contributed by atoms with Crippen LogP contribution in [0.15, 0.2) is 16.3 Å². The number of thiophene rings is 1. The van der Waals surface area contributed by atoms with E-state index in [4.69, 9.17) is 18.0 Å². The van der Waals surface area contributed by atoms with Crippen molar-refractivity contribution >= 4 is 38.6 Å². The molecule has 3 N–H and O–H groups in total. The van der Waals surface area contributed by atoms with E-state index in [1.54, 1.807) is 12.1 Å². The summed E-state index contributed by atoms with van der Waals surface area (Å²) in [5.41, 5.74) is 5.53. The molecule has 0 saturated carbocycles. The second-order valence-electron chi connectivity index (χ2n) is 5.92. The zero-order valence-corrected chi connectivity index (χ0v) is 14.7. The van der Waals surface area contributed by atoms with Crippen molar-refractivity contribution in [1.29, 1.82) is 0 Å². The number of likely N-dealkylation sites (tertiary alicyclic amines) is 1. The van der Waals surface area contributed by atoms with Crippen LogP contribution in [-0.2, 0) is 10.0 Å². The summed E-state index contributed by atoms with van der Waals surface area (Å²) in [7, 11) is -1.39. The first kappa shape index (κ1) is 16.8. The molecule has 0 aromatic carbocycles. The lowest BCUT2D eigenvalue weighted by Gasteiger charge is -2.37. The monoisotopic (exact) mass is 347 g/mol. The molecule has 1 aliphatic heterocycles. The van der Waals surface area contributed by atoms with Crippen LogP contribution in [0.5, 0.6) is 0 Å². The van der Waals surface area contributed by atoms with E-state index in [0.717, 1.165) is 37.3 Å². The quantitative estimate of drug-likeness (QED) is 0.788. The van der Waals surface area contributed by atoms with Crippen LogP contribution in [0.2, 0.25) is 0 Å². The smallest absolute Gasteiger partial charge is 0.250 e. The molecule has 0 bridgehead atoms. The molecule has 1 saturated heterocycles. The first-order valence-corrected chi connectivity index (χ1v) is 9.51. The molecule has 0 atom stereocenters. The van der Waals surface area contributed by atoms with Gasteiger partial charge in [-0.3, -0.25) is 0 Å². The van der Waals surface area contributed by atoms with Crippen LogP contribution in [0.3, 0.4) is 0 Å². The predicted octanol–water partition coefficient (Wildman–Crippen LogP) is 1.39. The van der Waals surface area contributed by atoms with Gasteiger partial charge in [-0.05, 0) is 50.5 Å². The second kappa shape index (κ2) is 6.29. The van der Waals surface area contributed by atoms with E-state index >= 15 is 0 Å². The van der Waals surface area contributed by atoms with Gasteiger partial charge in [0.25, 0.3) is 0 Å². The SMILES string of the molecule is CN1CCC(C)(CNS(=O)(=O)c2ccc(C(N)=S)s2)CC1. The summed E-state index contributed by atoms with van der Waals surface area (Å²) >= 11 is 5.97. The fraction of sp³-hybridized carbons (Fsp3) is 0.615. The van der Waals surface area contributed by atoms with Crippen LogP contribution in [-0.4, -0.2) is 45.0 Å². The van der Waals surface area contributed by atoms with E-state index in [1.165, 1.54) is 0 Å². The van der Waals surface area contributed by atoms with Crippen molar-refractivity contribution in [3.05, 3.63) is 17.0 Å². The molecule has 0 amide bonds. The Morgan fingerprint density at radius 1 is 1.48 bits per heavy atom. The number of nitrogens with one attached hydrogen (secondary N) is 1. The van der Waals surface area contributed by atoms with E-state index in [-0.39, 0.29) is 14.6 Å². The predicted molar refractivity (Wildman–Crippen MR) is 90.2 cm³/mol. The Kier molecular flexibility index (Phi) is 5.04. The summed E-state index contributed by atoms with van der Waals surface area (Å²) in [6, 6.07) is 3.21. The Morgan fingerprint density at radius 2 is 2.10 bits per heavy atom. The van der Waals surface area contributed by atoms with Gasteiger partial charge in [-0.25, -0.2) is 13.1 Å². The minimum Gasteiger partial charge on any atom is -0.389 e. The lowest BCUT2D eigenvalue weighted by Crippen LogP contribution is -2.43. The van der Waals surface area contributed by atoms with E-state index in [9.17, 15) is 8.42 Å². The summed E-state index contributed by atoms with van der Waals surface area (Å²) in [6.45, 7) is 4.60. The number of piperidine rings is 1. The molecule has 8 heteroatoms. The lowest BCUT2D eigenvalue weighted by molar-refractivity contribution is 0.143. The highest BCUT2D eigenvalue weighted by molar-refractivity contribution is 7.91. The van der Waals surface area contributed by atoms with Crippen LogP contribution < -0.4 is 10.5 Å². The van der Waals surface area contributed by atoms with Gasteiger partial charge in [0.05, 0.1) is 4.88 Å². The molecule has 1 aromatic heterocycles. The number of nitrogens with two attached hydrogens (primary N) is 1. The summed E-state index contributed by atoms with van der Waals surface area (Å²) in [5, 5.41) is 0. The molecular weight excluding hydrogens is 326 g/mol. The maximum absolute atomic E-state index is 12.3. The van der Waals surface area contributed by atoms with Crippen LogP contribution in [0.25, 0.3) is 0 Å². The average Bonchev–Trinajstić information content (AvgIpc) is 2.91. The van der Waals surface area contributed by atoms with Crippen LogP contribution in [0, 0.1) is 5.41 Å². The molecule has 1 fully saturated rings. The molecule has 118 valence electrons. The molecule has 1 aliphatic rings. The number of rotatable bonds is 5. The van der Waals surface area contributed by atoms with Gasteiger partial charge < -0.3 is 10.6 Å². The van der Waals surface area contributed by atoms with Crippen molar-refractivity contribution in [3.8, 4) is 0 Å². The van der Waals surface area contributed by atoms with Gasteiger partial charge in [0.2, 0.25) is 10.0 Å². The maximum atomic E-state index is 12.3. The highest BCUT2D eigenvalue weighted by Gasteiger charge is 2.30. The van der Waals surface area contributed by atoms with Crippen molar-refractivity contribution in [2.24, 2.45) is 11.1 Å². The van der Waals surface area contributed by atoms with E-state index < -0.39 is 10.0 Å². The number of hydrogen-bond acceptors (Lipinski definition) is 5. The molecule has 2 heterocycles. The summed E-state index contributed by atoms with van der Waals surface area (Å²) in [4.78, 5) is 3.11. The molecule has 0 spiro atoms. The highest BCUT2D eigenvalue weighted by Crippen LogP contribution is 2.30. The van der Waals surface area contributed by atoms with E-state index in [0.29, 0.717) is 11.4 Å². The van der Waals surface area contributed by atoms with Gasteiger partial charge in [-0.15, -0.1) is 11.3 Å². The Morgan fingerprint density at radius 3 is 2.62 bits per heavy atom. The van der Waals surface area contributed by atoms with Crippen LogP contribution >= 0.6 is 23.6 Å². The molecule has 1 aromatic rings. The minimum atomic E-state index is -3.48. The van der Waals surface area contributed by atoms with Gasteiger partial charge in [0.15, 0.2) is 0 Å². The number of hydrogen-bond donors (Lipinski definition) is 2. The van der Waals surface area contributed by atoms with Crippen molar-refractivity contribution in [1.82, 2.24) is 9.62 Å². The highest BCUT2D eigenvalue weighted by atomic mass is 32.2. The first-order chi connectivity index (χ1) is 9.72. The average molecular weight is 348 g/mol. The third kappa shape index (κ3) is 4.23. The van der Waals surface area contributed by atoms with Gasteiger partial charge in [-0.2, -0.15) is 0 Å². The first-order valence-electron chi connectivity index (χ1n) is 6.80. The van der Waals surface area contributed by atoms with Crippen LogP contribution in [0.1, 0.15) is 24.6 Å². The fourth-order valence-corrected chi connectivity index (χ4v) is 4.87. The van der Waals surface area contributed by atoms with Gasteiger partial charge in [-0.1, -0.05) is 19.1 Å². The molecule has 0 unspecified atom stereocenters. The topological polar surface area (TPSA) is 75.4 Å². The lowest BCUT2D eigenvalue weighted by atomic mass is 9.81. The number of nitrogens with zero attached hydrogens (tertiary/aromatic N) is 1. The summed E-state index contributed by atoms with van der Waals surface area (Å²) in [6.07, 6.45) is 1.99. The molecule has 2 rings (SSSR count). The number of thiocarbonyl (C=S) groups is 1. The van der Waals surface area contributed by atoms with Gasteiger partial charge >= 0.3 is 0 Å². The summed E-state index contributed by atoms with van der Waals surface area (Å²) in [5.74, 6) is 0. The standard InChI is InChI=1S/C13H21N3O2S3/c1-13(5-7-16(2)8-6-13)9-15-21(17,18)11-4-3-10(20-11)12(14)19/h3-4,15H,5-9H2,1-2H3,(H2,14,19). The Labute approximate surface area is 135 Å². The van der Waals surface area contributed by atoms with Gasteiger partial charge in [0.1, 0.15) is 9.20 Å². The largest absolute Gasteiger partial charge is 0.389 e. The Bertz CT molecular complexity index is 616. The maximum Gasteiger partial charge on any atom is 0.250 e. The third-order valence-corrected chi connectivity index (χ3v) is 7.33. The molecule has 0 aliphatic carbocycles. The Hall–Kier alpha value is -0.540. The zero-order valence-electron chi connectivity index (χ0n) is 12.3. The molecule has 5 nitrogen and oxygen atoms in total. The number of sulfonamides is 1. The Balaban J connectivity index is 2.02. The van der Waals surface area contributed by atoms with Crippen molar-refractivity contribution in [2.75, 3.05) is 26.7 Å². The van der Waals surface area contributed by atoms with E-state index in [2.05, 4.69) is 23.6 Å². The minimum absolute atomic E-state index is 0.0167. The van der Waals surface area contributed by atoms with Crippen molar-refractivity contribution in [2.45, 2.75) is 24.0 Å². The molecule has 0 radical (unpaired) electrons. The fourth-order valence-electron chi connectivity index (χ4n) is 2.27. The second-order valence-corrected chi connectivity index (χ2v) is 9.44. The summed E-state index contributed by atoms with van der Waals surface area (Å²) < 4.78 is 27.6.